The number of halogens is 2. The molecule has 1 aliphatic rings. The molecule has 3 aromatic rings. The van der Waals surface area contributed by atoms with Crippen molar-refractivity contribution in [1.82, 2.24) is 14.5 Å². The van der Waals surface area contributed by atoms with E-state index in [0.29, 0.717) is 11.1 Å². The summed E-state index contributed by atoms with van der Waals surface area (Å²) in [5.41, 5.74) is 1.93. The minimum atomic E-state index is -0.179. The third kappa shape index (κ3) is 2.52. The topological polar surface area (TPSA) is 47.8 Å². The maximum atomic E-state index is 12.6. The number of ketones is 1. The number of aromatic nitrogens is 3. The lowest BCUT2D eigenvalue weighted by molar-refractivity contribution is 0.103. The predicted molar refractivity (Wildman–Crippen MR) is 92.7 cm³/mol. The summed E-state index contributed by atoms with van der Waals surface area (Å²) < 4.78 is 2.09. The van der Waals surface area contributed by atoms with Crippen LogP contribution >= 0.6 is 23.2 Å². The third-order valence-electron chi connectivity index (χ3n) is 4.44. The highest BCUT2D eigenvalue weighted by Gasteiger charge is 2.46. The average molecular weight is 358 g/mol. The summed E-state index contributed by atoms with van der Waals surface area (Å²) in [6.07, 6.45) is 8.59. The minimum Gasteiger partial charge on any atom is -0.343 e. The van der Waals surface area contributed by atoms with Crippen molar-refractivity contribution in [3.8, 4) is 0 Å². The van der Waals surface area contributed by atoms with E-state index in [0.717, 1.165) is 23.4 Å². The van der Waals surface area contributed by atoms with Crippen molar-refractivity contribution in [2.45, 2.75) is 18.4 Å². The quantitative estimate of drug-likeness (QED) is 0.515. The van der Waals surface area contributed by atoms with Gasteiger partial charge in [0.15, 0.2) is 5.78 Å². The number of hydrogen-bond donors (Lipinski definition) is 0. The molecule has 1 fully saturated rings. The van der Waals surface area contributed by atoms with Crippen molar-refractivity contribution in [1.29, 1.82) is 0 Å². The van der Waals surface area contributed by atoms with Crippen molar-refractivity contribution >= 4 is 29.0 Å². The summed E-state index contributed by atoms with van der Waals surface area (Å²) in [5.74, 6) is -0.179. The average Bonchev–Trinajstić information content (AvgIpc) is 3.25. The molecule has 0 saturated heterocycles. The Balaban J connectivity index is 1.69. The van der Waals surface area contributed by atoms with Crippen LogP contribution in [0.3, 0.4) is 0 Å². The predicted octanol–water partition coefficient (Wildman–Crippen LogP) is 4.35. The normalized spacial score (nSPS) is 15.2. The zero-order valence-electron chi connectivity index (χ0n) is 12.6. The number of carbonyl (C=O) groups is 1. The second-order valence-electron chi connectivity index (χ2n) is 5.91. The highest BCUT2D eigenvalue weighted by molar-refractivity contribution is 6.33. The lowest BCUT2D eigenvalue weighted by Crippen LogP contribution is -2.17. The van der Waals surface area contributed by atoms with Gasteiger partial charge in [-0.2, -0.15) is 0 Å². The molecule has 2 aromatic heterocycles. The Morgan fingerprint density at radius 2 is 2.04 bits per heavy atom. The second kappa shape index (κ2) is 5.72. The lowest BCUT2D eigenvalue weighted by atomic mass is 10.0. The molecule has 0 unspecified atom stereocenters. The van der Waals surface area contributed by atoms with Crippen LogP contribution in [0.15, 0.2) is 55.2 Å². The Morgan fingerprint density at radius 1 is 1.21 bits per heavy atom. The maximum absolute atomic E-state index is 12.6. The van der Waals surface area contributed by atoms with Gasteiger partial charge < -0.3 is 4.57 Å². The Kier molecular flexibility index (Phi) is 3.66. The van der Waals surface area contributed by atoms with Crippen molar-refractivity contribution in [3.05, 3.63) is 82.1 Å². The van der Waals surface area contributed by atoms with E-state index in [4.69, 9.17) is 23.2 Å². The molecule has 4 nitrogen and oxygen atoms in total. The smallest absolute Gasteiger partial charge is 0.199 e. The van der Waals surface area contributed by atoms with E-state index in [1.807, 2.05) is 30.6 Å². The minimum absolute atomic E-state index is 0.111. The molecule has 24 heavy (non-hydrogen) atoms. The second-order valence-corrected chi connectivity index (χ2v) is 6.70. The van der Waals surface area contributed by atoms with E-state index in [1.54, 1.807) is 6.07 Å². The fourth-order valence-corrected chi connectivity index (χ4v) is 3.38. The molecule has 1 aromatic carbocycles. The molecule has 4 rings (SSSR count). The number of hydrogen-bond acceptors (Lipinski definition) is 3. The maximum Gasteiger partial charge on any atom is 0.199 e. The molecule has 0 amide bonds. The molecule has 0 radical (unpaired) electrons. The molecular weight excluding hydrogens is 345 g/mol. The van der Waals surface area contributed by atoms with Crippen LogP contribution in [0.5, 0.6) is 0 Å². The SMILES string of the molecule is O=C(c1ccn(C2(c3cccc(Cl)c3)CC2)c1)c1cncnc1Cl. The van der Waals surface area contributed by atoms with Crippen LogP contribution in [0.4, 0.5) is 0 Å². The number of benzene rings is 1. The highest BCUT2D eigenvalue weighted by Crippen LogP contribution is 2.50. The van der Waals surface area contributed by atoms with Gasteiger partial charge in [-0.1, -0.05) is 35.3 Å². The van der Waals surface area contributed by atoms with Crippen molar-refractivity contribution in [2.75, 3.05) is 0 Å². The van der Waals surface area contributed by atoms with Gasteiger partial charge in [-0.15, -0.1) is 0 Å². The first-order valence-electron chi connectivity index (χ1n) is 7.55. The summed E-state index contributed by atoms with van der Waals surface area (Å²) in [7, 11) is 0. The van der Waals surface area contributed by atoms with E-state index in [-0.39, 0.29) is 16.5 Å². The van der Waals surface area contributed by atoms with Crippen molar-refractivity contribution < 1.29 is 4.79 Å². The van der Waals surface area contributed by atoms with Gasteiger partial charge in [0.05, 0.1) is 11.1 Å². The first-order chi connectivity index (χ1) is 11.6. The molecule has 0 bridgehead atoms. The van der Waals surface area contributed by atoms with Crippen LogP contribution < -0.4 is 0 Å². The van der Waals surface area contributed by atoms with Gasteiger partial charge in [0.25, 0.3) is 0 Å². The Labute approximate surface area is 149 Å². The fourth-order valence-electron chi connectivity index (χ4n) is 3.01. The molecule has 0 spiro atoms. The van der Waals surface area contributed by atoms with Crippen LogP contribution in [0.25, 0.3) is 0 Å². The van der Waals surface area contributed by atoms with Crippen LogP contribution in [0, 0.1) is 0 Å². The van der Waals surface area contributed by atoms with Crippen LogP contribution in [0.1, 0.15) is 34.3 Å². The molecule has 0 atom stereocenters. The Morgan fingerprint density at radius 3 is 2.75 bits per heavy atom. The van der Waals surface area contributed by atoms with E-state index < -0.39 is 0 Å². The zero-order valence-corrected chi connectivity index (χ0v) is 14.1. The largest absolute Gasteiger partial charge is 0.343 e. The zero-order chi connectivity index (χ0) is 16.7. The molecular formula is C18H13Cl2N3O. The fraction of sp³-hybridized carbons (Fsp3) is 0.167. The van der Waals surface area contributed by atoms with Crippen LogP contribution in [-0.2, 0) is 5.54 Å². The van der Waals surface area contributed by atoms with Crippen LogP contribution in [0.2, 0.25) is 10.2 Å². The standard InChI is InChI=1S/C18H13Cl2N3O/c19-14-3-1-2-13(8-14)18(5-6-18)23-7-4-12(10-23)16(24)15-9-21-11-22-17(15)20/h1-4,7-11H,5-6H2. The summed E-state index contributed by atoms with van der Waals surface area (Å²) in [6, 6.07) is 9.67. The Bertz CT molecular complexity index is 931. The lowest BCUT2D eigenvalue weighted by Gasteiger charge is -2.18. The first-order valence-corrected chi connectivity index (χ1v) is 8.30. The summed E-state index contributed by atoms with van der Waals surface area (Å²) >= 11 is 12.1. The summed E-state index contributed by atoms with van der Waals surface area (Å²) in [4.78, 5) is 20.4. The van der Waals surface area contributed by atoms with Crippen molar-refractivity contribution in [3.63, 3.8) is 0 Å². The number of rotatable bonds is 4. The third-order valence-corrected chi connectivity index (χ3v) is 4.98. The number of carbonyl (C=O) groups excluding carboxylic acids is 1. The van der Waals surface area contributed by atoms with E-state index in [1.165, 1.54) is 12.5 Å². The van der Waals surface area contributed by atoms with E-state index in [9.17, 15) is 4.79 Å². The monoisotopic (exact) mass is 357 g/mol. The van der Waals surface area contributed by atoms with Gasteiger partial charge >= 0.3 is 0 Å². The Hall–Kier alpha value is -2.17. The highest BCUT2D eigenvalue weighted by atomic mass is 35.5. The van der Waals surface area contributed by atoms with Gasteiger partial charge in [0, 0.05) is 29.2 Å². The molecule has 0 aliphatic heterocycles. The molecule has 1 saturated carbocycles. The van der Waals surface area contributed by atoms with E-state index >= 15 is 0 Å². The molecule has 120 valence electrons. The van der Waals surface area contributed by atoms with Gasteiger partial charge in [0.2, 0.25) is 0 Å². The molecule has 6 heteroatoms. The summed E-state index contributed by atoms with van der Waals surface area (Å²) in [5, 5.41) is 0.883. The van der Waals surface area contributed by atoms with Gasteiger partial charge in [-0.3, -0.25) is 4.79 Å². The van der Waals surface area contributed by atoms with Crippen LogP contribution in [-0.4, -0.2) is 20.3 Å². The first kappa shape index (κ1) is 15.4. The number of nitrogens with zero attached hydrogens (tertiary/aromatic N) is 3. The van der Waals surface area contributed by atoms with Gasteiger partial charge in [-0.05, 0) is 36.6 Å². The van der Waals surface area contributed by atoms with Gasteiger partial charge in [0.1, 0.15) is 11.5 Å². The molecule has 1 aliphatic carbocycles. The van der Waals surface area contributed by atoms with E-state index in [2.05, 4.69) is 20.6 Å². The summed E-state index contributed by atoms with van der Waals surface area (Å²) in [6.45, 7) is 0. The van der Waals surface area contributed by atoms with Gasteiger partial charge in [-0.25, -0.2) is 9.97 Å². The van der Waals surface area contributed by atoms with Crippen molar-refractivity contribution in [2.24, 2.45) is 0 Å². The molecule has 0 N–H and O–H groups in total. The molecule has 2 heterocycles.